The van der Waals surface area contributed by atoms with Crippen molar-refractivity contribution < 1.29 is 21.2 Å². The Morgan fingerprint density at radius 3 is 1.37 bits per heavy atom. The van der Waals surface area contributed by atoms with Gasteiger partial charge in [-0.3, -0.25) is 0 Å². The van der Waals surface area contributed by atoms with Crippen LogP contribution in [0.2, 0.25) is 0 Å². The zero-order valence-electron chi connectivity index (χ0n) is 33.0. The van der Waals surface area contributed by atoms with Crippen LogP contribution in [0.3, 0.4) is 0 Å². The van der Waals surface area contributed by atoms with E-state index in [1.807, 2.05) is 0 Å². The first kappa shape index (κ1) is 46.8. The number of allylic oxidation sites excluding steroid dienone is 4. The van der Waals surface area contributed by atoms with Crippen molar-refractivity contribution in [1.82, 2.24) is 0 Å². The molecule has 0 amide bonds. The molecule has 0 aromatic heterocycles. The second kappa shape index (κ2) is 28.5. The van der Waals surface area contributed by atoms with Crippen LogP contribution in [0.4, 0.5) is 0 Å². The molecule has 3 rings (SSSR count). The van der Waals surface area contributed by atoms with E-state index in [1.165, 1.54) is 89.5 Å². The molecule has 49 heavy (non-hydrogen) atoms. The number of hydrogen-bond donors (Lipinski definition) is 0. The number of hydrogen-bond acceptors (Lipinski definition) is 0. The number of benzene rings is 2. The summed E-state index contributed by atoms with van der Waals surface area (Å²) in [4.78, 5) is 0. The summed E-state index contributed by atoms with van der Waals surface area (Å²) in [5, 5.41) is 0. The molecule has 0 N–H and O–H groups in total. The summed E-state index contributed by atoms with van der Waals surface area (Å²) in [6, 6.07) is 13.8. The number of nitrogens with zero attached hydrogens (tertiary/aromatic N) is 2. The number of rotatable bonds is 19. The molecule has 2 aromatic carbocycles. The smallest absolute Gasteiger partial charge is 0.493 e. The molecule has 0 aliphatic carbocycles. The third-order valence-electron chi connectivity index (χ3n) is 9.07. The van der Waals surface area contributed by atoms with E-state index in [0.29, 0.717) is 0 Å². The van der Waals surface area contributed by atoms with Gasteiger partial charge in [-0.15, -0.1) is 0 Å². The normalized spacial score (nSPS) is 12.6. The molecule has 0 fully saturated rings. The molecular formula is C46H72N2Ni. The first-order chi connectivity index (χ1) is 23.3. The molecule has 0 atom stereocenters. The molecule has 0 spiro atoms. The second-order valence-electron chi connectivity index (χ2n) is 13.2. The van der Waals surface area contributed by atoms with Gasteiger partial charge in [0.1, 0.15) is 0 Å². The van der Waals surface area contributed by atoms with Gasteiger partial charge in [0.2, 0.25) is 11.4 Å². The van der Waals surface area contributed by atoms with Crippen molar-refractivity contribution in [3.8, 4) is 0 Å². The van der Waals surface area contributed by atoms with Crippen LogP contribution < -0.4 is 0 Å². The first-order valence-electron chi connectivity index (χ1n) is 19.8. The van der Waals surface area contributed by atoms with Crippen LogP contribution in [0.15, 0.2) is 59.7 Å². The van der Waals surface area contributed by atoms with E-state index < -0.39 is 0 Å². The maximum atomic E-state index is 12.1. The third-order valence-corrected chi connectivity index (χ3v) is 9.07. The van der Waals surface area contributed by atoms with E-state index in [4.69, 9.17) is 0 Å². The average molecular weight is 712 g/mol. The number of aryl methyl sites for hydroxylation is 4. The summed E-state index contributed by atoms with van der Waals surface area (Å²) in [5.41, 5.74) is 24.1. The maximum absolute atomic E-state index is 12.1. The molecular weight excluding hydrogens is 639 g/mol. The second-order valence-corrected chi connectivity index (χ2v) is 13.2. The molecule has 0 saturated heterocycles. The Bertz CT molecular complexity index is 1240. The van der Waals surface area contributed by atoms with Crippen molar-refractivity contribution in [1.29, 1.82) is 0 Å². The fraction of sp³-hybridized carbons (Fsp3) is 0.565. The van der Waals surface area contributed by atoms with Gasteiger partial charge in [-0.1, -0.05) is 131 Å². The summed E-state index contributed by atoms with van der Waals surface area (Å²) in [6.45, 7) is 24.9. The Balaban J connectivity index is 0.00000230. The monoisotopic (exact) mass is 711 g/mol. The Hall–Kier alpha value is -2.25. The van der Waals surface area contributed by atoms with Gasteiger partial charge < -0.3 is 19.4 Å². The molecule has 1 aliphatic heterocycles. The van der Waals surface area contributed by atoms with Crippen LogP contribution in [0, 0.1) is 13.8 Å². The molecule has 1 heterocycles. The third kappa shape index (κ3) is 16.1. The minimum absolute atomic E-state index is 0. The minimum atomic E-state index is 0. The predicted molar refractivity (Wildman–Crippen MR) is 215 cm³/mol. The fourth-order valence-corrected chi connectivity index (χ4v) is 5.84. The molecule has 0 bridgehead atoms. The van der Waals surface area contributed by atoms with E-state index in [1.54, 1.807) is 0 Å². The van der Waals surface area contributed by atoms with Gasteiger partial charge in [0, 0.05) is 16.7 Å². The maximum Gasteiger partial charge on any atom is 2.00 e. The van der Waals surface area contributed by atoms with Crippen LogP contribution in [0.1, 0.15) is 179 Å². The zero-order chi connectivity index (χ0) is 35.7. The standard InChI is InChI=1S/C38H54N2.2C4H9.Ni/c1-7-13-15-16-17-18-19-20-22-36-35(21-14-8-2)37(33-25-29(9-3)23-30(10-4)26-33)40(39)38(36)34-27-31(11-5)24-32(12-6)28-34;2*1-3-4-2;/h20,22-28H,7-19,21H2,1-6H3;2*1,3-4H2,2H3;/q;2*-1;+2. The van der Waals surface area contributed by atoms with E-state index in [0.717, 1.165) is 86.7 Å². The van der Waals surface area contributed by atoms with Crippen molar-refractivity contribution in [2.24, 2.45) is 0 Å². The van der Waals surface area contributed by atoms with Gasteiger partial charge in [0.05, 0.1) is 5.57 Å². The predicted octanol–water partition coefficient (Wildman–Crippen LogP) is 14.8. The SMILES string of the molecule is CCCCCCCCC=CC1=C(c2cc(CC)cc(CC)c2)[N+](=[N-])C(c2cc(CC)cc(CC)c2)=C1CCCC.[CH2-]CCC.[CH2-]CCC.[Ni+2]. The van der Waals surface area contributed by atoms with Crippen LogP contribution in [0.25, 0.3) is 16.9 Å². The Morgan fingerprint density at radius 1 is 0.551 bits per heavy atom. The molecule has 2 nitrogen and oxygen atoms in total. The topological polar surface area (TPSA) is 25.3 Å². The van der Waals surface area contributed by atoms with Gasteiger partial charge in [0.15, 0.2) is 0 Å². The van der Waals surface area contributed by atoms with Crippen LogP contribution in [-0.2, 0) is 42.2 Å². The van der Waals surface area contributed by atoms with Crippen molar-refractivity contribution in [3.63, 3.8) is 0 Å². The number of unbranched alkanes of at least 4 members (excludes halogenated alkanes) is 9. The zero-order valence-corrected chi connectivity index (χ0v) is 34.0. The summed E-state index contributed by atoms with van der Waals surface area (Å²) < 4.78 is 1.54. The Morgan fingerprint density at radius 2 is 0.959 bits per heavy atom. The van der Waals surface area contributed by atoms with Gasteiger partial charge in [-0.2, -0.15) is 12.8 Å². The van der Waals surface area contributed by atoms with Crippen LogP contribution in [0.5, 0.6) is 0 Å². The summed E-state index contributed by atoms with van der Waals surface area (Å²) >= 11 is 0. The minimum Gasteiger partial charge on any atom is -0.493 e. The van der Waals surface area contributed by atoms with E-state index >= 15 is 0 Å². The molecule has 1 aliphatic rings. The van der Waals surface area contributed by atoms with Crippen LogP contribution in [-0.4, -0.2) is 4.70 Å². The molecule has 0 unspecified atom stereocenters. The van der Waals surface area contributed by atoms with Gasteiger partial charge in [-0.25, -0.2) is 4.70 Å². The molecule has 0 radical (unpaired) electrons. The van der Waals surface area contributed by atoms with E-state index in [2.05, 4.69) is 118 Å². The first-order valence-corrected chi connectivity index (χ1v) is 19.8. The van der Waals surface area contributed by atoms with Gasteiger partial charge in [0.25, 0.3) is 0 Å². The van der Waals surface area contributed by atoms with Gasteiger partial charge >= 0.3 is 16.5 Å². The quantitative estimate of drug-likeness (QED) is 0.0600. The van der Waals surface area contributed by atoms with Crippen LogP contribution >= 0.6 is 0 Å². The van der Waals surface area contributed by atoms with E-state index in [-0.39, 0.29) is 16.5 Å². The summed E-state index contributed by atoms with van der Waals surface area (Å²) in [7, 11) is 0. The molecule has 2 aromatic rings. The van der Waals surface area contributed by atoms with Gasteiger partial charge in [-0.05, 0) is 97.9 Å². The largest absolute Gasteiger partial charge is 2.00 e. The molecule has 276 valence electrons. The van der Waals surface area contributed by atoms with E-state index in [9.17, 15) is 5.53 Å². The van der Waals surface area contributed by atoms with Crippen molar-refractivity contribution in [3.05, 3.63) is 112 Å². The Kier molecular flexibility index (Phi) is 27.1. The summed E-state index contributed by atoms with van der Waals surface area (Å²) in [5.74, 6) is 0. The van der Waals surface area contributed by atoms with Crippen molar-refractivity contribution >= 4 is 11.4 Å². The Labute approximate surface area is 314 Å². The molecule has 3 heteroatoms. The molecule has 0 saturated carbocycles. The summed E-state index contributed by atoms with van der Waals surface area (Å²) in [6.07, 6.45) is 25.4. The van der Waals surface area contributed by atoms with Crippen molar-refractivity contribution in [2.45, 2.75) is 171 Å². The van der Waals surface area contributed by atoms with Crippen molar-refractivity contribution in [2.75, 3.05) is 0 Å². The average Bonchev–Trinajstić information content (AvgIpc) is 3.41. The fourth-order valence-electron chi connectivity index (χ4n) is 5.84.